The van der Waals surface area contributed by atoms with Crippen molar-refractivity contribution in [2.24, 2.45) is 11.8 Å². The predicted molar refractivity (Wildman–Crippen MR) is 264 cm³/mol. The maximum atomic E-state index is 5.37. The summed E-state index contributed by atoms with van der Waals surface area (Å²) in [7, 11) is 0. The first kappa shape index (κ1) is 36.1. The van der Waals surface area contributed by atoms with Crippen molar-refractivity contribution in [2.45, 2.75) is 25.2 Å². The zero-order valence-corrected chi connectivity index (χ0v) is 34.8. The Morgan fingerprint density at radius 3 is 2.13 bits per heavy atom. The number of nitrogens with zero attached hydrogens (tertiary/aromatic N) is 3. The van der Waals surface area contributed by atoms with Gasteiger partial charge in [0.05, 0.1) is 28.4 Å². The lowest BCUT2D eigenvalue weighted by Crippen LogP contribution is -2.21. The van der Waals surface area contributed by atoms with Gasteiger partial charge in [-0.2, -0.15) is 0 Å². The molecule has 2 aromatic heterocycles. The number of allylic oxidation sites excluding steroid dienone is 13. The summed E-state index contributed by atoms with van der Waals surface area (Å²) in [5.41, 5.74) is 16.1. The fourth-order valence-electron chi connectivity index (χ4n) is 11.2. The van der Waals surface area contributed by atoms with E-state index in [-0.39, 0.29) is 11.8 Å². The molecule has 63 heavy (non-hydrogen) atoms. The van der Waals surface area contributed by atoms with Crippen LogP contribution in [-0.4, -0.2) is 14.5 Å². The molecule has 3 atom stereocenters. The molecule has 0 aliphatic heterocycles. The summed E-state index contributed by atoms with van der Waals surface area (Å²) in [6.07, 6.45) is 28.7. The summed E-state index contributed by atoms with van der Waals surface area (Å²) >= 11 is 0. The fourth-order valence-corrected chi connectivity index (χ4v) is 11.2. The molecular formula is C60H43N3. The molecule has 0 radical (unpaired) electrons. The molecule has 4 aliphatic carbocycles. The second-order valence-corrected chi connectivity index (χ2v) is 17.4. The maximum Gasteiger partial charge on any atom is 0.0979 e. The van der Waals surface area contributed by atoms with Gasteiger partial charge in [-0.05, 0) is 110 Å². The summed E-state index contributed by atoms with van der Waals surface area (Å²) < 4.78 is 2.43. The molecule has 298 valence electrons. The maximum absolute atomic E-state index is 5.37. The SMILES string of the molecule is C1=CC2=C(C3C=Cc4c(c5ccccc5n4-c4ccccc4)C3)C=CC(c3cccc4c(C5=CCCC(c6cnc7c8ccccc8c8ccccc8c7n6)=C5)cccc34)C2C=C1. The quantitative estimate of drug-likeness (QED) is 0.162. The molecule has 7 aromatic carbocycles. The Labute approximate surface area is 366 Å². The van der Waals surface area contributed by atoms with E-state index in [1.165, 1.54) is 82.8 Å². The Morgan fingerprint density at radius 1 is 0.540 bits per heavy atom. The molecule has 0 fully saturated rings. The minimum Gasteiger partial charge on any atom is -0.310 e. The Morgan fingerprint density at radius 2 is 1.27 bits per heavy atom. The van der Waals surface area contributed by atoms with Crippen molar-refractivity contribution < 1.29 is 0 Å². The first-order valence-corrected chi connectivity index (χ1v) is 22.4. The molecule has 3 heteroatoms. The molecule has 3 nitrogen and oxygen atoms in total. The van der Waals surface area contributed by atoms with Gasteiger partial charge < -0.3 is 4.57 Å². The van der Waals surface area contributed by atoms with Crippen molar-refractivity contribution in [1.29, 1.82) is 0 Å². The van der Waals surface area contributed by atoms with Crippen molar-refractivity contribution >= 4 is 71.5 Å². The largest absolute Gasteiger partial charge is 0.310 e. The summed E-state index contributed by atoms with van der Waals surface area (Å²) in [6, 6.07) is 50.7. The highest BCUT2D eigenvalue weighted by molar-refractivity contribution is 6.23. The molecule has 13 rings (SSSR count). The smallest absolute Gasteiger partial charge is 0.0979 e. The Hall–Kier alpha value is -7.62. The van der Waals surface area contributed by atoms with Gasteiger partial charge >= 0.3 is 0 Å². The van der Waals surface area contributed by atoms with Gasteiger partial charge in [0.1, 0.15) is 0 Å². The van der Waals surface area contributed by atoms with Crippen LogP contribution in [-0.2, 0) is 6.42 Å². The van der Waals surface area contributed by atoms with Crippen LogP contribution in [0.5, 0.6) is 0 Å². The van der Waals surface area contributed by atoms with E-state index >= 15 is 0 Å². The number of hydrogen-bond acceptors (Lipinski definition) is 2. The highest BCUT2D eigenvalue weighted by atomic mass is 15.0. The minimum absolute atomic E-state index is 0.220. The molecule has 0 saturated carbocycles. The third-order valence-electron chi connectivity index (χ3n) is 14.1. The fraction of sp³-hybridized carbons (Fsp3) is 0.100. The van der Waals surface area contributed by atoms with E-state index in [2.05, 4.69) is 205 Å². The van der Waals surface area contributed by atoms with E-state index in [0.29, 0.717) is 5.92 Å². The van der Waals surface area contributed by atoms with E-state index in [1.807, 2.05) is 6.20 Å². The summed E-state index contributed by atoms with van der Waals surface area (Å²) in [5, 5.41) is 8.69. The van der Waals surface area contributed by atoms with Gasteiger partial charge in [0, 0.05) is 45.3 Å². The van der Waals surface area contributed by atoms with Gasteiger partial charge in [-0.3, -0.25) is 4.98 Å². The van der Waals surface area contributed by atoms with E-state index in [4.69, 9.17) is 9.97 Å². The summed E-state index contributed by atoms with van der Waals surface area (Å²) in [4.78, 5) is 10.5. The third kappa shape index (κ3) is 5.73. The van der Waals surface area contributed by atoms with E-state index in [9.17, 15) is 0 Å². The van der Waals surface area contributed by atoms with Gasteiger partial charge in [-0.1, -0.05) is 170 Å². The van der Waals surface area contributed by atoms with Crippen LogP contribution in [0, 0.1) is 11.8 Å². The zero-order chi connectivity index (χ0) is 41.4. The molecule has 2 heterocycles. The lowest BCUT2D eigenvalue weighted by atomic mass is 9.70. The molecule has 0 bridgehead atoms. The molecule has 4 aliphatic rings. The molecule has 0 N–H and O–H groups in total. The predicted octanol–water partition coefficient (Wildman–Crippen LogP) is 14.9. The van der Waals surface area contributed by atoms with Crippen LogP contribution in [0.1, 0.15) is 46.8 Å². The minimum atomic E-state index is 0.220. The van der Waals surface area contributed by atoms with Crippen LogP contribution in [0.2, 0.25) is 0 Å². The average Bonchev–Trinajstić information content (AvgIpc) is 3.69. The molecule has 0 amide bonds. The van der Waals surface area contributed by atoms with Gasteiger partial charge in [0.2, 0.25) is 0 Å². The first-order valence-electron chi connectivity index (χ1n) is 22.4. The number of hydrogen-bond donors (Lipinski definition) is 0. The van der Waals surface area contributed by atoms with Crippen LogP contribution in [0.4, 0.5) is 0 Å². The van der Waals surface area contributed by atoms with Crippen molar-refractivity contribution in [2.75, 3.05) is 0 Å². The van der Waals surface area contributed by atoms with Gasteiger partial charge in [0.15, 0.2) is 0 Å². The highest BCUT2D eigenvalue weighted by Crippen LogP contribution is 2.47. The van der Waals surface area contributed by atoms with Crippen molar-refractivity contribution in [3.63, 3.8) is 0 Å². The van der Waals surface area contributed by atoms with Gasteiger partial charge in [0.25, 0.3) is 0 Å². The number of para-hydroxylation sites is 2. The highest BCUT2D eigenvalue weighted by Gasteiger charge is 2.33. The Balaban J connectivity index is 0.848. The number of rotatable bonds is 5. The Bertz CT molecular complexity index is 3570. The first-order chi connectivity index (χ1) is 31.3. The van der Waals surface area contributed by atoms with Gasteiger partial charge in [-0.15, -0.1) is 0 Å². The van der Waals surface area contributed by atoms with Crippen LogP contribution in [0.3, 0.4) is 0 Å². The van der Waals surface area contributed by atoms with Gasteiger partial charge in [-0.25, -0.2) is 4.98 Å². The van der Waals surface area contributed by atoms with Crippen LogP contribution < -0.4 is 0 Å². The molecule has 0 spiro atoms. The third-order valence-corrected chi connectivity index (χ3v) is 14.1. The van der Waals surface area contributed by atoms with Crippen molar-refractivity contribution in [3.8, 4) is 5.69 Å². The summed E-state index contributed by atoms with van der Waals surface area (Å²) in [5.74, 6) is 0.768. The number of fused-ring (bicyclic) bond motifs is 11. The molecule has 9 aromatic rings. The summed E-state index contributed by atoms with van der Waals surface area (Å²) in [6.45, 7) is 0. The van der Waals surface area contributed by atoms with E-state index < -0.39 is 0 Å². The van der Waals surface area contributed by atoms with Crippen molar-refractivity contribution in [1.82, 2.24) is 14.5 Å². The zero-order valence-electron chi connectivity index (χ0n) is 34.8. The van der Waals surface area contributed by atoms with Crippen LogP contribution >= 0.6 is 0 Å². The second-order valence-electron chi connectivity index (χ2n) is 17.4. The molecular weight excluding hydrogens is 763 g/mol. The Kier molecular flexibility index (Phi) is 8.30. The average molecular weight is 806 g/mol. The molecule has 0 saturated heterocycles. The van der Waals surface area contributed by atoms with E-state index in [0.717, 1.165) is 46.8 Å². The lowest BCUT2D eigenvalue weighted by Gasteiger charge is -2.34. The number of benzene rings is 7. The topological polar surface area (TPSA) is 30.7 Å². The second kappa shape index (κ2) is 14.5. The standard InChI is InChI=1S/C60H43N3/c1-2-17-41(18-3-1)63-57-30-11-10-23-52(57)55-36-39(31-34-58(55)63)43-32-33-51(46-20-5-4-19-44(43)46)48-29-14-27-45-42(26-13-28-47(45)48)38-15-12-16-40(35-38)56-37-61-59-53-24-8-6-21-49(53)50-22-7-9-25-54(50)60(59)62-56/h1-11,13-15,17-35,37,39,46,51H,12,16,36H2. The number of aromatic nitrogens is 3. The lowest BCUT2D eigenvalue weighted by molar-refractivity contribution is 0.639. The van der Waals surface area contributed by atoms with Crippen LogP contribution in [0.25, 0.3) is 77.2 Å². The van der Waals surface area contributed by atoms with E-state index in [1.54, 1.807) is 0 Å². The normalized spacial score (nSPS) is 19.3. The molecule has 3 unspecified atom stereocenters. The monoisotopic (exact) mass is 805 g/mol. The van der Waals surface area contributed by atoms with Crippen LogP contribution in [0.15, 0.2) is 212 Å². The van der Waals surface area contributed by atoms with Crippen molar-refractivity contribution in [3.05, 3.63) is 240 Å².